The Labute approximate surface area is 167 Å². The monoisotopic (exact) mass is 403 g/mol. The number of nitrogens with one attached hydrogen (secondary N) is 1. The molecule has 0 radical (unpaired) electrons. The summed E-state index contributed by atoms with van der Waals surface area (Å²) in [6.45, 7) is 1.93. The first-order chi connectivity index (χ1) is 13.5. The van der Waals surface area contributed by atoms with Crippen LogP contribution in [0.15, 0.2) is 45.7 Å². The molecule has 5 nitrogen and oxygen atoms in total. The van der Waals surface area contributed by atoms with Crippen molar-refractivity contribution in [3.05, 3.63) is 53.5 Å². The van der Waals surface area contributed by atoms with Crippen molar-refractivity contribution < 1.29 is 17.6 Å². The molecule has 2 aromatic rings. The van der Waals surface area contributed by atoms with E-state index in [1.165, 1.54) is 19.3 Å². The Kier molecular flexibility index (Phi) is 6.94. The van der Waals surface area contributed by atoms with E-state index in [0.717, 1.165) is 31.2 Å². The maximum absolute atomic E-state index is 12.8. The van der Waals surface area contributed by atoms with Gasteiger partial charge < -0.3 is 9.73 Å². The molecule has 1 heterocycles. The highest BCUT2D eigenvalue weighted by Gasteiger charge is 2.22. The van der Waals surface area contributed by atoms with Crippen molar-refractivity contribution >= 4 is 15.7 Å². The lowest BCUT2D eigenvalue weighted by atomic mass is 9.97. The van der Waals surface area contributed by atoms with E-state index in [4.69, 9.17) is 4.42 Å². The first-order valence-electron chi connectivity index (χ1n) is 10.2. The molecule has 1 amide bonds. The fourth-order valence-corrected chi connectivity index (χ4v) is 5.38. The van der Waals surface area contributed by atoms with Crippen LogP contribution in [0.4, 0.5) is 0 Å². The maximum Gasteiger partial charge on any atom is 0.287 e. The molecule has 1 aliphatic carbocycles. The van der Waals surface area contributed by atoms with Crippen LogP contribution in [0.1, 0.15) is 73.7 Å². The summed E-state index contributed by atoms with van der Waals surface area (Å²) in [5, 5.41) is 3.05. The number of hydrogen-bond acceptors (Lipinski definition) is 4. The fraction of sp³-hybridized carbons (Fsp3) is 0.500. The molecule has 1 N–H and O–H groups in total. The molecule has 1 aromatic heterocycles. The summed E-state index contributed by atoms with van der Waals surface area (Å²) < 4.78 is 31.2. The van der Waals surface area contributed by atoms with Gasteiger partial charge in [-0.2, -0.15) is 0 Å². The fourth-order valence-electron chi connectivity index (χ4n) is 3.80. The zero-order valence-corrected chi connectivity index (χ0v) is 17.3. The Balaban J connectivity index is 1.67. The van der Waals surface area contributed by atoms with Crippen LogP contribution in [-0.2, 0) is 22.0 Å². The van der Waals surface area contributed by atoms with Gasteiger partial charge in [-0.25, -0.2) is 8.42 Å². The standard InChI is InChI=1S/C22H29NO4S/c1-2-17-10-8-9-13-21(17)28(25,26)16-19-14-15-20(27-19)22(24)23-18-11-6-4-3-5-7-12-18/h8-10,13-15,18H,2-7,11-12,16H2,1H3,(H,23,24). The van der Waals surface area contributed by atoms with Gasteiger partial charge in [0.25, 0.3) is 5.91 Å². The lowest BCUT2D eigenvalue weighted by Gasteiger charge is -2.20. The summed E-state index contributed by atoms with van der Waals surface area (Å²) in [4.78, 5) is 12.8. The van der Waals surface area contributed by atoms with E-state index in [1.807, 2.05) is 19.1 Å². The highest BCUT2D eigenvalue weighted by molar-refractivity contribution is 7.90. The van der Waals surface area contributed by atoms with Gasteiger partial charge in [-0.3, -0.25) is 4.79 Å². The van der Waals surface area contributed by atoms with Crippen LogP contribution in [0.2, 0.25) is 0 Å². The number of hydrogen-bond donors (Lipinski definition) is 1. The van der Waals surface area contributed by atoms with E-state index in [9.17, 15) is 13.2 Å². The highest BCUT2D eigenvalue weighted by atomic mass is 32.2. The molecule has 0 saturated heterocycles. The number of rotatable bonds is 6. The van der Waals surface area contributed by atoms with Gasteiger partial charge >= 0.3 is 0 Å². The van der Waals surface area contributed by atoms with Crippen molar-refractivity contribution in [1.82, 2.24) is 5.32 Å². The average molecular weight is 404 g/mol. The Morgan fingerprint density at radius 2 is 1.71 bits per heavy atom. The van der Waals surface area contributed by atoms with Crippen molar-refractivity contribution in [2.24, 2.45) is 0 Å². The summed E-state index contributed by atoms with van der Waals surface area (Å²) in [5.41, 5.74) is 0.788. The van der Waals surface area contributed by atoms with E-state index in [0.29, 0.717) is 11.3 Å². The molecule has 1 fully saturated rings. The zero-order valence-electron chi connectivity index (χ0n) is 16.4. The Bertz CT molecular complexity index is 893. The molecule has 0 atom stereocenters. The normalized spacial score (nSPS) is 16.3. The van der Waals surface area contributed by atoms with Gasteiger partial charge in [0.1, 0.15) is 11.5 Å². The molecule has 0 unspecified atom stereocenters. The molecule has 1 aromatic carbocycles. The number of furan rings is 1. The molecular weight excluding hydrogens is 374 g/mol. The van der Waals surface area contributed by atoms with E-state index >= 15 is 0 Å². The van der Waals surface area contributed by atoms with E-state index in [2.05, 4.69) is 5.32 Å². The summed E-state index contributed by atoms with van der Waals surface area (Å²) in [6, 6.07) is 10.3. The Hall–Kier alpha value is -2.08. The minimum Gasteiger partial charge on any atom is -0.455 e. The number of benzene rings is 1. The predicted octanol–water partition coefficient (Wildman–Crippen LogP) is 4.66. The Morgan fingerprint density at radius 3 is 2.43 bits per heavy atom. The summed E-state index contributed by atoms with van der Waals surface area (Å²) >= 11 is 0. The van der Waals surface area contributed by atoms with Crippen LogP contribution in [0.3, 0.4) is 0 Å². The second-order valence-electron chi connectivity index (χ2n) is 7.50. The summed E-state index contributed by atoms with van der Waals surface area (Å²) in [5.74, 6) is -0.0475. The van der Waals surface area contributed by atoms with Crippen molar-refractivity contribution in [3.63, 3.8) is 0 Å². The summed E-state index contributed by atoms with van der Waals surface area (Å²) in [6.07, 6.45) is 8.58. The number of aryl methyl sites for hydroxylation is 1. The van der Waals surface area contributed by atoms with E-state index < -0.39 is 9.84 Å². The first-order valence-corrected chi connectivity index (χ1v) is 11.8. The van der Waals surface area contributed by atoms with E-state index in [1.54, 1.807) is 24.3 Å². The number of carbonyl (C=O) groups excluding carboxylic acids is 1. The molecule has 0 aliphatic heterocycles. The van der Waals surface area contributed by atoms with Gasteiger partial charge in [0.2, 0.25) is 0 Å². The van der Waals surface area contributed by atoms with Gasteiger partial charge in [0.05, 0.1) is 4.90 Å². The van der Waals surface area contributed by atoms with Crippen LogP contribution in [0, 0.1) is 0 Å². The molecule has 1 aliphatic rings. The van der Waals surface area contributed by atoms with Crippen LogP contribution in [0.25, 0.3) is 0 Å². The first kappa shape index (κ1) is 20.6. The van der Waals surface area contributed by atoms with Gasteiger partial charge in [-0.05, 0) is 43.0 Å². The smallest absolute Gasteiger partial charge is 0.287 e. The second kappa shape index (κ2) is 9.41. The summed E-state index contributed by atoms with van der Waals surface area (Å²) in [7, 11) is -3.53. The highest BCUT2D eigenvalue weighted by Crippen LogP contribution is 2.23. The molecule has 1 saturated carbocycles. The third-order valence-corrected chi connectivity index (χ3v) is 7.08. The molecule has 152 valence electrons. The number of sulfone groups is 1. The SMILES string of the molecule is CCc1ccccc1S(=O)(=O)Cc1ccc(C(=O)NC2CCCCCCC2)o1. The third kappa shape index (κ3) is 5.25. The van der Waals surface area contributed by atoms with Crippen LogP contribution >= 0.6 is 0 Å². The number of amides is 1. The molecule has 3 rings (SSSR count). The lowest BCUT2D eigenvalue weighted by molar-refractivity contribution is 0.0900. The largest absolute Gasteiger partial charge is 0.455 e. The average Bonchev–Trinajstić information content (AvgIpc) is 3.11. The van der Waals surface area contributed by atoms with Crippen molar-refractivity contribution in [1.29, 1.82) is 0 Å². The zero-order chi connectivity index (χ0) is 20.0. The van der Waals surface area contributed by atoms with E-state index in [-0.39, 0.29) is 29.2 Å². The minimum absolute atomic E-state index is 0.168. The van der Waals surface area contributed by atoms with Crippen LogP contribution in [0.5, 0.6) is 0 Å². The van der Waals surface area contributed by atoms with Gasteiger partial charge in [0.15, 0.2) is 15.6 Å². The Morgan fingerprint density at radius 1 is 1.04 bits per heavy atom. The maximum atomic E-state index is 12.8. The molecule has 0 bridgehead atoms. The minimum atomic E-state index is -3.53. The third-order valence-electron chi connectivity index (χ3n) is 5.35. The number of carbonyl (C=O) groups is 1. The molecule has 0 spiro atoms. The van der Waals surface area contributed by atoms with Crippen molar-refractivity contribution in [3.8, 4) is 0 Å². The second-order valence-corrected chi connectivity index (χ2v) is 9.46. The van der Waals surface area contributed by atoms with Gasteiger partial charge in [-0.1, -0.05) is 57.2 Å². The predicted molar refractivity (Wildman–Crippen MR) is 109 cm³/mol. The lowest BCUT2D eigenvalue weighted by Crippen LogP contribution is -2.35. The van der Waals surface area contributed by atoms with Crippen LogP contribution in [-0.4, -0.2) is 20.4 Å². The van der Waals surface area contributed by atoms with Crippen LogP contribution < -0.4 is 5.32 Å². The van der Waals surface area contributed by atoms with Gasteiger partial charge in [-0.15, -0.1) is 0 Å². The quantitative estimate of drug-likeness (QED) is 0.761. The van der Waals surface area contributed by atoms with Crippen molar-refractivity contribution in [2.75, 3.05) is 0 Å². The molecule has 6 heteroatoms. The van der Waals surface area contributed by atoms with Crippen molar-refractivity contribution in [2.45, 2.75) is 75.0 Å². The van der Waals surface area contributed by atoms with Gasteiger partial charge in [0, 0.05) is 6.04 Å². The topological polar surface area (TPSA) is 76.4 Å². The molecule has 28 heavy (non-hydrogen) atoms. The molecular formula is C22H29NO4S.